The number of piperidine rings is 1. The van der Waals surface area contributed by atoms with Gasteiger partial charge in [-0.25, -0.2) is 0 Å². The van der Waals surface area contributed by atoms with Crippen molar-refractivity contribution in [3.05, 3.63) is 0 Å². The van der Waals surface area contributed by atoms with Gasteiger partial charge in [0.2, 0.25) is 0 Å². The second-order valence-corrected chi connectivity index (χ2v) is 8.27. The van der Waals surface area contributed by atoms with Crippen LogP contribution in [0.4, 0.5) is 0 Å². The molecule has 3 rings (SSSR count). The minimum Gasteiger partial charge on any atom is -0.375 e. The van der Waals surface area contributed by atoms with E-state index in [1.807, 2.05) is 0 Å². The van der Waals surface area contributed by atoms with Crippen LogP contribution in [0.3, 0.4) is 0 Å². The first kappa shape index (κ1) is 15.1. The van der Waals surface area contributed by atoms with Crippen LogP contribution in [0.25, 0.3) is 0 Å². The Kier molecular flexibility index (Phi) is 4.96. The second kappa shape index (κ2) is 6.55. The van der Waals surface area contributed by atoms with Crippen molar-refractivity contribution in [3.8, 4) is 0 Å². The number of rotatable bonds is 2. The fraction of sp³-hybridized carbons (Fsp3) is 1.00. The molecule has 0 saturated carbocycles. The van der Waals surface area contributed by atoms with E-state index in [4.69, 9.17) is 10.5 Å². The smallest absolute Gasteiger partial charge is 0.0713 e. The normalized spacial score (nSPS) is 39.0. The lowest BCUT2D eigenvalue weighted by atomic mass is 9.82. The molecule has 20 heavy (non-hydrogen) atoms. The summed E-state index contributed by atoms with van der Waals surface area (Å²) >= 11 is 2.09. The van der Waals surface area contributed by atoms with E-state index in [9.17, 15) is 0 Å². The molecule has 0 aromatic rings. The van der Waals surface area contributed by atoms with Gasteiger partial charge < -0.3 is 10.5 Å². The summed E-state index contributed by atoms with van der Waals surface area (Å²) in [5, 5.41) is 0. The molecule has 1 spiro atoms. The third-order valence-corrected chi connectivity index (χ3v) is 6.62. The predicted molar refractivity (Wildman–Crippen MR) is 86.2 cm³/mol. The molecule has 3 aliphatic rings. The Morgan fingerprint density at radius 2 is 2.10 bits per heavy atom. The average molecular weight is 298 g/mol. The number of hydrogen-bond donors (Lipinski definition) is 1. The molecule has 3 heterocycles. The van der Waals surface area contributed by atoms with Gasteiger partial charge in [-0.3, -0.25) is 4.90 Å². The topological polar surface area (TPSA) is 38.5 Å². The zero-order valence-corrected chi connectivity index (χ0v) is 13.7. The maximum atomic E-state index is 6.25. The van der Waals surface area contributed by atoms with Crippen LogP contribution in [-0.2, 0) is 4.74 Å². The minimum atomic E-state index is 0.205. The molecular weight excluding hydrogens is 268 g/mol. The fourth-order valence-corrected chi connectivity index (χ4v) is 5.60. The molecule has 0 bridgehead atoms. The third kappa shape index (κ3) is 3.18. The zero-order chi connectivity index (χ0) is 14.0. The summed E-state index contributed by atoms with van der Waals surface area (Å²) in [6.45, 7) is 5.41. The molecule has 0 aromatic carbocycles. The second-order valence-electron chi connectivity index (χ2n) is 7.05. The van der Waals surface area contributed by atoms with Gasteiger partial charge in [-0.15, -0.1) is 0 Å². The predicted octanol–water partition coefficient (Wildman–Crippen LogP) is 2.49. The zero-order valence-electron chi connectivity index (χ0n) is 12.9. The molecule has 3 aliphatic heterocycles. The van der Waals surface area contributed by atoms with Crippen LogP contribution in [0.15, 0.2) is 0 Å². The molecule has 0 aromatic heterocycles. The molecule has 0 amide bonds. The van der Waals surface area contributed by atoms with E-state index in [1.54, 1.807) is 0 Å². The maximum Gasteiger partial charge on any atom is 0.0713 e. The fourth-order valence-electron chi connectivity index (χ4n) is 4.36. The molecule has 0 radical (unpaired) electrons. The summed E-state index contributed by atoms with van der Waals surface area (Å²) in [4.78, 5) is 2.74. The molecule has 3 fully saturated rings. The SMILES string of the molecule is CC1CCN(C2CCOC3(CCSCC3)C2)C(CN)C1. The van der Waals surface area contributed by atoms with E-state index in [2.05, 4.69) is 23.6 Å². The molecule has 3 atom stereocenters. The molecule has 2 N–H and O–H groups in total. The average Bonchev–Trinajstić information content (AvgIpc) is 2.48. The molecule has 3 saturated heterocycles. The number of thioether (sulfide) groups is 1. The molecular formula is C16H30N2OS. The largest absolute Gasteiger partial charge is 0.375 e. The highest BCUT2D eigenvalue weighted by atomic mass is 32.2. The number of ether oxygens (including phenoxy) is 1. The van der Waals surface area contributed by atoms with Crippen molar-refractivity contribution >= 4 is 11.8 Å². The van der Waals surface area contributed by atoms with Crippen molar-refractivity contribution in [2.24, 2.45) is 11.7 Å². The molecule has 4 heteroatoms. The van der Waals surface area contributed by atoms with Gasteiger partial charge in [0.05, 0.1) is 5.60 Å². The Balaban J connectivity index is 1.66. The summed E-state index contributed by atoms with van der Waals surface area (Å²) in [5.41, 5.74) is 6.26. The molecule has 0 aliphatic carbocycles. The highest BCUT2D eigenvalue weighted by molar-refractivity contribution is 7.99. The number of nitrogens with two attached hydrogens (primary N) is 1. The first-order valence-corrected chi connectivity index (χ1v) is 9.55. The lowest BCUT2D eigenvalue weighted by molar-refractivity contribution is -0.118. The van der Waals surface area contributed by atoms with Crippen LogP contribution in [0.1, 0.15) is 45.4 Å². The van der Waals surface area contributed by atoms with Crippen LogP contribution in [-0.4, -0.2) is 53.8 Å². The standard InChI is InChI=1S/C16H30N2OS/c1-13-2-6-18(15(10-13)12-17)14-3-7-19-16(11-14)4-8-20-9-5-16/h13-15H,2-12,17H2,1H3. The van der Waals surface area contributed by atoms with E-state index in [-0.39, 0.29) is 5.60 Å². The van der Waals surface area contributed by atoms with Gasteiger partial charge in [-0.05, 0) is 62.5 Å². The monoisotopic (exact) mass is 298 g/mol. The van der Waals surface area contributed by atoms with Crippen LogP contribution >= 0.6 is 11.8 Å². The van der Waals surface area contributed by atoms with Crippen LogP contribution in [0.5, 0.6) is 0 Å². The number of nitrogens with zero attached hydrogens (tertiary/aromatic N) is 1. The van der Waals surface area contributed by atoms with Crippen molar-refractivity contribution < 1.29 is 4.74 Å². The van der Waals surface area contributed by atoms with Gasteiger partial charge in [0.1, 0.15) is 0 Å². The van der Waals surface area contributed by atoms with Crippen molar-refractivity contribution in [1.82, 2.24) is 4.90 Å². The summed E-state index contributed by atoms with van der Waals surface area (Å²) in [6.07, 6.45) is 7.60. The lowest BCUT2D eigenvalue weighted by Crippen LogP contribution is -2.56. The summed E-state index contributed by atoms with van der Waals surface area (Å²) in [6, 6.07) is 1.32. The van der Waals surface area contributed by atoms with E-state index >= 15 is 0 Å². The Morgan fingerprint density at radius 1 is 1.30 bits per heavy atom. The lowest BCUT2D eigenvalue weighted by Gasteiger charge is -2.50. The highest BCUT2D eigenvalue weighted by Gasteiger charge is 2.42. The van der Waals surface area contributed by atoms with Gasteiger partial charge in [0, 0.05) is 25.2 Å². The van der Waals surface area contributed by atoms with E-state index in [1.165, 1.54) is 56.6 Å². The summed E-state index contributed by atoms with van der Waals surface area (Å²) in [7, 11) is 0. The van der Waals surface area contributed by atoms with Gasteiger partial charge in [-0.1, -0.05) is 6.92 Å². The van der Waals surface area contributed by atoms with Crippen LogP contribution < -0.4 is 5.73 Å². The molecule has 116 valence electrons. The van der Waals surface area contributed by atoms with Crippen molar-refractivity contribution in [2.45, 2.75) is 63.1 Å². The van der Waals surface area contributed by atoms with Crippen LogP contribution in [0, 0.1) is 5.92 Å². The van der Waals surface area contributed by atoms with Gasteiger partial charge >= 0.3 is 0 Å². The van der Waals surface area contributed by atoms with Crippen molar-refractivity contribution in [2.75, 3.05) is 31.2 Å². The Bertz CT molecular complexity index is 314. The maximum absolute atomic E-state index is 6.25. The summed E-state index contributed by atoms with van der Waals surface area (Å²) < 4.78 is 6.25. The Morgan fingerprint density at radius 3 is 2.85 bits per heavy atom. The first-order valence-electron chi connectivity index (χ1n) is 8.40. The van der Waals surface area contributed by atoms with E-state index in [0.717, 1.165) is 19.1 Å². The van der Waals surface area contributed by atoms with Crippen molar-refractivity contribution in [1.29, 1.82) is 0 Å². The highest BCUT2D eigenvalue weighted by Crippen LogP contribution is 2.40. The number of likely N-dealkylation sites (tertiary alicyclic amines) is 1. The minimum absolute atomic E-state index is 0.205. The summed E-state index contributed by atoms with van der Waals surface area (Å²) in [5.74, 6) is 3.41. The Hall–Kier alpha value is 0.230. The van der Waals surface area contributed by atoms with Gasteiger partial charge in [-0.2, -0.15) is 11.8 Å². The third-order valence-electron chi connectivity index (χ3n) is 5.64. The van der Waals surface area contributed by atoms with E-state index < -0.39 is 0 Å². The quantitative estimate of drug-likeness (QED) is 0.850. The first-order chi connectivity index (χ1) is 9.72. The van der Waals surface area contributed by atoms with Crippen molar-refractivity contribution in [3.63, 3.8) is 0 Å². The number of hydrogen-bond acceptors (Lipinski definition) is 4. The molecule has 3 unspecified atom stereocenters. The molecule has 3 nitrogen and oxygen atoms in total. The van der Waals surface area contributed by atoms with Gasteiger partial charge in [0.25, 0.3) is 0 Å². The Labute approximate surface area is 128 Å². The van der Waals surface area contributed by atoms with Gasteiger partial charge in [0.15, 0.2) is 0 Å². The van der Waals surface area contributed by atoms with E-state index in [0.29, 0.717) is 12.1 Å². The van der Waals surface area contributed by atoms with Crippen LogP contribution in [0.2, 0.25) is 0 Å².